The molecule has 0 saturated carbocycles. The fourth-order valence-electron chi connectivity index (χ4n) is 2.19. The van der Waals surface area contributed by atoms with Gasteiger partial charge in [0, 0.05) is 6.54 Å². The Morgan fingerprint density at radius 2 is 2.25 bits per heavy atom. The van der Waals surface area contributed by atoms with Crippen LogP contribution in [-0.2, 0) is 6.54 Å². The van der Waals surface area contributed by atoms with Gasteiger partial charge in [-0.25, -0.2) is 5.43 Å². The second kappa shape index (κ2) is 6.88. The van der Waals surface area contributed by atoms with Gasteiger partial charge in [0.05, 0.1) is 29.0 Å². The molecule has 1 unspecified atom stereocenters. The van der Waals surface area contributed by atoms with Crippen molar-refractivity contribution in [2.45, 2.75) is 26.4 Å². The highest BCUT2D eigenvalue weighted by Gasteiger charge is 2.20. The number of hydrogen-bond acceptors (Lipinski definition) is 4. The topological polar surface area (TPSA) is 65.1 Å². The molecule has 0 spiro atoms. The van der Waals surface area contributed by atoms with Gasteiger partial charge in [-0.1, -0.05) is 12.1 Å². The number of nitrogens with two attached hydrogens (primary N) is 1. The van der Waals surface area contributed by atoms with Crippen LogP contribution < -0.4 is 16.0 Å². The van der Waals surface area contributed by atoms with E-state index in [9.17, 15) is 0 Å². The number of ether oxygens (including phenoxy) is 1. The Morgan fingerprint density at radius 1 is 1.45 bits per heavy atom. The number of rotatable bonds is 6. The second-order valence-electron chi connectivity index (χ2n) is 4.30. The standard InChI is InChI=1S/C14H19BrN4O/c1-3-19-14(12(15)9-17-19)13(18-16)10-6-5-7-11(8-10)20-4-2/h5-9,13,18H,3-4,16H2,1-2H3. The maximum absolute atomic E-state index is 5.76. The minimum Gasteiger partial charge on any atom is -0.494 e. The molecule has 0 aliphatic rings. The highest BCUT2D eigenvalue weighted by molar-refractivity contribution is 9.10. The first-order chi connectivity index (χ1) is 9.71. The molecule has 2 aromatic rings. The third-order valence-corrected chi connectivity index (χ3v) is 3.69. The van der Waals surface area contributed by atoms with Crippen LogP contribution in [0.5, 0.6) is 5.75 Å². The lowest BCUT2D eigenvalue weighted by atomic mass is 10.0. The molecule has 0 bridgehead atoms. The summed E-state index contributed by atoms with van der Waals surface area (Å²) in [5.41, 5.74) is 4.90. The molecule has 0 aliphatic heterocycles. The van der Waals surface area contributed by atoms with Crippen molar-refractivity contribution in [3.05, 3.63) is 46.2 Å². The van der Waals surface area contributed by atoms with Crippen LogP contribution in [0.2, 0.25) is 0 Å². The van der Waals surface area contributed by atoms with E-state index in [0.717, 1.165) is 28.0 Å². The summed E-state index contributed by atoms with van der Waals surface area (Å²) in [6.45, 7) is 5.44. The summed E-state index contributed by atoms with van der Waals surface area (Å²) in [4.78, 5) is 0. The molecule has 1 atom stereocenters. The van der Waals surface area contributed by atoms with Crippen LogP contribution in [0, 0.1) is 0 Å². The summed E-state index contributed by atoms with van der Waals surface area (Å²) in [7, 11) is 0. The van der Waals surface area contributed by atoms with Gasteiger partial charge in [-0.15, -0.1) is 0 Å². The zero-order valence-corrected chi connectivity index (χ0v) is 13.2. The monoisotopic (exact) mass is 338 g/mol. The van der Waals surface area contributed by atoms with Crippen molar-refractivity contribution in [1.82, 2.24) is 15.2 Å². The van der Waals surface area contributed by atoms with Crippen molar-refractivity contribution < 1.29 is 4.74 Å². The van der Waals surface area contributed by atoms with Gasteiger partial charge in [0.2, 0.25) is 0 Å². The SMILES string of the molecule is CCOc1cccc(C(NN)c2c(Br)cnn2CC)c1. The lowest BCUT2D eigenvalue weighted by Gasteiger charge is -2.19. The predicted octanol–water partition coefficient (Wildman–Crippen LogP) is 2.62. The van der Waals surface area contributed by atoms with Crippen LogP contribution in [0.3, 0.4) is 0 Å². The first-order valence-electron chi connectivity index (χ1n) is 6.61. The Labute approximate surface area is 127 Å². The molecular weight excluding hydrogens is 320 g/mol. The minimum absolute atomic E-state index is 0.146. The van der Waals surface area contributed by atoms with Crippen LogP contribution >= 0.6 is 15.9 Å². The molecule has 0 radical (unpaired) electrons. The largest absolute Gasteiger partial charge is 0.494 e. The van der Waals surface area contributed by atoms with E-state index in [2.05, 4.69) is 26.5 Å². The lowest BCUT2D eigenvalue weighted by molar-refractivity contribution is 0.339. The third-order valence-electron chi connectivity index (χ3n) is 3.08. The smallest absolute Gasteiger partial charge is 0.119 e. The van der Waals surface area contributed by atoms with E-state index in [4.69, 9.17) is 10.6 Å². The van der Waals surface area contributed by atoms with Crippen LogP contribution in [0.15, 0.2) is 34.9 Å². The van der Waals surface area contributed by atoms with Crippen LogP contribution in [0.1, 0.15) is 31.1 Å². The zero-order valence-electron chi connectivity index (χ0n) is 11.6. The summed E-state index contributed by atoms with van der Waals surface area (Å²) in [6.07, 6.45) is 1.79. The molecule has 1 heterocycles. The summed E-state index contributed by atoms with van der Waals surface area (Å²) in [5.74, 6) is 6.60. The number of halogens is 1. The number of benzene rings is 1. The number of hydrazine groups is 1. The molecule has 1 aromatic heterocycles. The molecule has 0 fully saturated rings. The van der Waals surface area contributed by atoms with Gasteiger partial charge in [-0.3, -0.25) is 10.5 Å². The fraction of sp³-hybridized carbons (Fsp3) is 0.357. The van der Waals surface area contributed by atoms with Crippen LogP contribution in [0.4, 0.5) is 0 Å². The number of aromatic nitrogens is 2. The molecular formula is C14H19BrN4O. The van der Waals surface area contributed by atoms with Crippen molar-refractivity contribution in [3.8, 4) is 5.75 Å². The first-order valence-corrected chi connectivity index (χ1v) is 7.40. The molecule has 108 valence electrons. The van der Waals surface area contributed by atoms with E-state index in [1.54, 1.807) is 6.20 Å². The molecule has 6 heteroatoms. The number of nitrogens with zero attached hydrogens (tertiary/aromatic N) is 2. The highest BCUT2D eigenvalue weighted by atomic mass is 79.9. The average Bonchev–Trinajstić information content (AvgIpc) is 2.82. The van der Waals surface area contributed by atoms with Gasteiger partial charge < -0.3 is 4.74 Å². The quantitative estimate of drug-likeness (QED) is 0.627. The van der Waals surface area contributed by atoms with Crippen molar-refractivity contribution >= 4 is 15.9 Å². The number of aryl methyl sites for hydroxylation is 1. The summed E-state index contributed by atoms with van der Waals surface area (Å²) in [5, 5.41) is 4.33. The Morgan fingerprint density at radius 3 is 2.90 bits per heavy atom. The van der Waals surface area contributed by atoms with Gasteiger partial charge >= 0.3 is 0 Å². The highest BCUT2D eigenvalue weighted by Crippen LogP contribution is 2.29. The van der Waals surface area contributed by atoms with Gasteiger partial charge in [-0.05, 0) is 47.5 Å². The average molecular weight is 339 g/mol. The van der Waals surface area contributed by atoms with E-state index in [1.807, 2.05) is 42.8 Å². The molecule has 20 heavy (non-hydrogen) atoms. The van der Waals surface area contributed by atoms with E-state index < -0.39 is 0 Å². The van der Waals surface area contributed by atoms with Crippen molar-refractivity contribution in [1.29, 1.82) is 0 Å². The summed E-state index contributed by atoms with van der Waals surface area (Å²) in [6, 6.07) is 7.77. The van der Waals surface area contributed by atoms with Gasteiger partial charge in [-0.2, -0.15) is 5.10 Å². The first kappa shape index (κ1) is 15.0. The van der Waals surface area contributed by atoms with Crippen LogP contribution in [0.25, 0.3) is 0 Å². The Hall–Kier alpha value is -1.37. The Bertz CT molecular complexity index is 570. The molecule has 0 amide bonds. The third kappa shape index (κ3) is 3.03. The molecule has 3 N–H and O–H groups in total. The number of hydrogen-bond donors (Lipinski definition) is 2. The Kier molecular flexibility index (Phi) is 5.17. The molecule has 0 saturated heterocycles. The maximum Gasteiger partial charge on any atom is 0.119 e. The summed E-state index contributed by atoms with van der Waals surface area (Å²) < 4.78 is 8.40. The van der Waals surface area contributed by atoms with Crippen molar-refractivity contribution in [2.24, 2.45) is 5.84 Å². The van der Waals surface area contributed by atoms with Crippen molar-refractivity contribution in [2.75, 3.05) is 6.61 Å². The maximum atomic E-state index is 5.76. The zero-order chi connectivity index (χ0) is 14.5. The summed E-state index contributed by atoms with van der Waals surface area (Å²) >= 11 is 3.54. The molecule has 1 aromatic carbocycles. The van der Waals surface area contributed by atoms with Gasteiger partial charge in [0.15, 0.2) is 0 Å². The van der Waals surface area contributed by atoms with Crippen molar-refractivity contribution in [3.63, 3.8) is 0 Å². The fourth-order valence-corrected chi connectivity index (χ4v) is 2.72. The van der Waals surface area contributed by atoms with Crippen LogP contribution in [-0.4, -0.2) is 16.4 Å². The molecule has 5 nitrogen and oxygen atoms in total. The second-order valence-corrected chi connectivity index (χ2v) is 5.15. The Balaban J connectivity index is 2.41. The number of nitrogens with one attached hydrogen (secondary N) is 1. The van der Waals surface area contributed by atoms with E-state index in [-0.39, 0.29) is 6.04 Å². The van der Waals surface area contributed by atoms with Gasteiger partial charge in [0.1, 0.15) is 5.75 Å². The minimum atomic E-state index is -0.146. The van der Waals surface area contributed by atoms with Gasteiger partial charge in [0.25, 0.3) is 0 Å². The predicted molar refractivity (Wildman–Crippen MR) is 82.4 cm³/mol. The molecule has 0 aliphatic carbocycles. The lowest BCUT2D eigenvalue weighted by Crippen LogP contribution is -2.31. The van der Waals surface area contributed by atoms with E-state index >= 15 is 0 Å². The van der Waals surface area contributed by atoms with E-state index in [1.165, 1.54) is 0 Å². The molecule has 2 rings (SSSR count). The van der Waals surface area contributed by atoms with E-state index in [0.29, 0.717) is 6.61 Å². The normalized spacial score (nSPS) is 12.4.